The van der Waals surface area contributed by atoms with Crippen LogP contribution >= 0.6 is 0 Å². The van der Waals surface area contributed by atoms with Crippen molar-refractivity contribution < 1.29 is 9.18 Å². The highest BCUT2D eigenvalue weighted by atomic mass is 19.1. The quantitative estimate of drug-likeness (QED) is 0.789. The second-order valence-corrected chi connectivity index (χ2v) is 6.53. The van der Waals surface area contributed by atoms with Gasteiger partial charge in [-0.2, -0.15) is 5.26 Å². The van der Waals surface area contributed by atoms with Gasteiger partial charge in [0.2, 0.25) is 5.91 Å². The Hall–Kier alpha value is -2.91. The fourth-order valence-corrected chi connectivity index (χ4v) is 3.26. The summed E-state index contributed by atoms with van der Waals surface area (Å²) in [5.74, 6) is -0.229. The summed E-state index contributed by atoms with van der Waals surface area (Å²) < 4.78 is 13.1. The molecular formula is C21H23FN4O. The molecule has 0 atom stereocenters. The van der Waals surface area contributed by atoms with Gasteiger partial charge in [-0.15, -0.1) is 0 Å². The zero-order valence-electron chi connectivity index (χ0n) is 15.2. The van der Waals surface area contributed by atoms with E-state index < -0.39 is 0 Å². The summed E-state index contributed by atoms with van der Waals surface area (Å²) in [7, 11) is 0. The fraction of sp³-hybridized carbons (Fsp3) is 0.333. The fourth-order valence-electron chi connectivity index (χ4n) is 3.26. The van der Waals surface area contributed by atoms with E-state index in [9.17, 15) is 9.18 Å². The van der Waals surface area contributed by atoms with Gasteiger partial charge in [0.05, 0.1) is 19.0 Å². The molecule has 1 heterocycles. The minimum absolute atomic E-state index is 0.00619. The number of nitriles is 1. The minimum atomic E-state index is -0.235. The zero-order chi connectivity index (χ0) is 19.1. The van der Waals surface area contributed by atoms with Gasteiger partial charge in [0.1, 0.15) is 5.82 Å². The first kappa shape index (κ1) is 18.9. The normalized spacial score (nSPS) is 14.6. The molecule has 5 nitrogen and oxygen atoms in total. The highest BCUT2D eigenvalue weighted by Crippen LogP contribution is 2.18. The highest BCUT2D eigenvalue weighted by molar-refractivity contribution is 5.94. The van der Waals surface area contributed by atoms with E-state index in [-0.39, 0.29) is 11.7 Å². The molecule has 27 heavy (non-hydrogen) atoms. The molecule has 6 heteroatoms. The standard InChI is InChI=1S/C21H23FN4O/c22-18-7-9-19(10-8-18)25-15-13-24(14-16-25)17-21(27)26(12-4-11-23)20-5-2-1-3-6-20/h1-3,5-10H,4,12-17H2. The highest BCUT2D eigenvalue weighted by Gasteiger charge is 2.22. The number of amides is 1. The van der Waals surface area contributed by atoms with Crippen molar-refractivity contribution in [2.24, 2.45) is 0 Å². The van der Waals surface area contributed by atoms with E-state index in [0.717, 1.165) is 37.6 Å². The Labute approximate surface area is 159 Å². The van der Waals surface area contributed by atoms with Gasteiger partial charge in [0, 0.05) is 44.1 Å². The molecule has 1 amide bonds. The first-order chi connectivity index (χ1) is 13.2. The summed E-state index contributed by atoms with van der Waals surface area (Å²) in [4.78, 5) is 18.8. The summed E-state index contributed by atoms with van der Waals surface area (Å²) >= 11 is 0. The van der Waals surface area contributed by atoms with Crippen LogP contribution in [0, 0.1) is 17.1 Å². The van der Waals surface area contributed by atoms with E-state index in [0.29, 0.717) is 19.5 Å². The molecule has 0 radical (unpaired) electrons. The SMILES string of the molecule is N#CCCN(C(=O)CN1CCN(c2ccc(F)cc2)CC1)c1ccccc1. The van der Waals surface area contributed by atoms with Crippen LogP contribution in [0.3, 0.4) is 0 Å². The van der Waals surface area contributed by atoms with Crippen LogP contribution < -0.4 is 9.80 Å². The molecule has 0 saturated carbocycles. The lowest BCUT2D eigenvalue weighted by molar-refractivity contribution is -0.119. The molecule has 2 aromatic rings. The minimum Gasteiger partial charge on any atom is -0.369 e. The molecule has 1 aliphatic heterocycles. The van der Waals surface area contributed by atoms with E-state index >= 15 is 0 Å². The van der Waals surface area contributed by atoms with Gasteiger partial charge in [0.25, 0.3) is 0 Å². The van der Waals surface area contributed by atoms with Crippen molar-refractivity contribution in [3.8, 4) is 6.07 Å². The Balaban J connectivity index is 1.57. The van der Waals surface area contributed by atoms with Crippen molar-refractivity contribution in [3.63, 3.8) is 0 Å². The van der Waals surface area contributed by atoms with Gasteiger partial charge in [-0.25, -0.2) is 4.39 Å². The number of hydrogen-bond donors (Lipinski definition) is 0. The molecule has 1 aliphatic rings. The van der Waals surface area contributed by atoms with Gasteiger partial charge in [0.15, 0.2) is 0 Å². The number of carbonyl (C=O) groups excluding carboxylic acids is 1. The molecule has 0 aromatic heterocycles. The molecule has 0 bridgehead atoms. The summed E-state index contributed by atoms with van der Waals surface area (Å²) in [5.41, 5.74) is 1.82. The second-order valence-electron chi connectivity index (χ2n) is 6.53. The van der Waals surface area contributed by atoms with Gasteiger partial charge < -0.3 is 9.80 Å². The van der Waals surface area contributed by atoms with Crippen LogP contribution in [-0.2, 0) is 4.79 Å². The van der Waals surface area contributed by atoms with Crippen molar-refractivity contribution in [2.75, 3.05) is 49.1 Å². The number of para-hydroxylation sites is 1. The molecule has 0 aliphatic carbocycles. The predicted octanol–water partition coefficient (Wildman–Crippen LogP) is 2.89. The summed E-state index contributed by atoms with van der Waals surface area (Å²) in [6.07, 6.45) is 0.305. The molecule has 0 unspecified atom stereocenters. The van der Waals surface area contributed by atoms with E-state index in [2.05, 4.69) is 15.9 Å². The predicted molar refractivity (Wildman–Crippen MR) is 104 cm³/mol. The number of halogens is 1. The van der Waals surface area contributed by atoms with Gasteiger partial charge in [-0.1, -0.05) is 18.2 Å². The zero-order valence-corrected chi connectivity index (χ0v) is 15.2. The van der Waals surface area contributed by atoms with Gasteiger partial charge >= 0.3 is 0 Å². The van der Waals surface area contributed by atoms with Gasteiger partial charge in [-0.05, 0) is 36.4 Å². The van der Waals surface area contributed by atoms with Crippen molar-refractivity contribution in [3.05, 3.63) is 60.4 Å². The van der Waals surface area contributed by atoms with Crippen LogP contribution in [0.4, 0.5) is 15.8 Å². The lowest BCUT2D eigenvalue weighted by atomic mass is 10.2. The van der Waals surface area contributed by atoms with E-state index in [1.807, 2.05) is 30.3 Å². The van der Waals surface area contributed by atoms with Crippen LogP contribution in [0.15, 0.2) is 54.6 Å². The van der Waals surface area contributed by atoms with E-state index in [1.54, 1.807) is 17.0 Å². The van der Waals surface area contributed by atoms with E-state index in [1.165, 1.54) is 12.1 Å². The van der Waals surface area contributed by atoms with Crippen LogP contribution in [0.2, 0.25) is 0 Å². The van der Waals surface area contributed by atoms with Crippen molar-refractivity contribution >= 4 is 17.3 Å². The number of anilines is 2. The Morgan fingerprint density at radius 3 is 2.33 bits per heavy atom. The molecule has 140 valence electrons. The smallest absolute Gasteiger partial charge is 0.241 e. The number of carbonyl (C=O) groups is 1. The average Bonchev–Trinajstić information content (AvgIpc) is 2.70. The third kappa shape index (κ3) is 5.05. The van der Waals surface area contributed by atoms with Crippen molar-refractivity contribution in [2.45, 2.75) is 6.42 Å². The molecule has 3 rings (SSSR count). The molecule has 0 spiro atoms. The summed E-state index contributed by atoms with van der Waals surface area (Å²) in [5, 5.41) is 8.89. The summed E-state index contributed by atoms with van der Waals surface area (Å²) in [6, 6.07) is 18.1. The monoisotopic (exact) mass is 366 g/mol. The Morgan fingerprint density at radius 1 is 1.04 bits per heavy atom. The maximum absolute atomic E-state index is 13.1. The van der Waals surface area contributed by atoms with Crippen molar-refractivity contribution in [1.82, 2.24) is 4.90 Å². The first-order valence-electron chi connectivity index (χ1n) is 9.12. The molecule has 1 saturated heterocycles. The van der Waals surface area contributed by atoms with Crippen LogP contribution in [0.25, 0.3) is 0 Å². The first-order valence-corrected chi connectivity index (χ1v) is 9.12. The Kier molecular flexibility index (Phi) is 6.39. The third-order valence-corrected chi connectivity index (χ3v) is 4.74. The second kappa shape index (κ2) is 9.15. The molecule has 0 N–H and O–H groups in total. The number of rotatable bonds is 6. The molecule has 1 fully saturated rings. The summed E-state index contributed by atoms with van der Waals surface area (Å²) in [6.45, 7) is 3.85. The lowest BCUT2D eigenvalue weighted by Gasteiger charge is -2.36. The Bertz CT molecular complexity index is 780. The van der Waals surface area contributed by atoms with Crippen molar-refractivity contribution in [1.29, 1.82) is 5.26 Å². The number of piperazine rings is 1. The average molecular weight is 366 g/mol. The number of benzene rings is 2. The largest absolute Gasteiger partial charge is 0.369 e. The molecular weight excluding hydrogens is 343 g/mol. The Morgan fingerprint density at radius 2 is 1.70 bits per heavy atom. The maximum atomic E-state index is 13.1. The maximum Gasteiger partial charge on any atom is 0.241 e. The number of hydrogen-bond acceptors (Lipinski definition) is 4. The third-order valence-electron chi connectivity index (χ3n) is 4.74. The van der Waals surface area contributed by atoms with Crippen LogP contribution in [0.1, 0.15) is 6.42 Å². The van der Waals surface area contributed by atoms with Crippen LogP contribution in [0.5, 0.6) is 0 Å². The van der Waals surface area contributed by atoms with E-state index in [4.69, 9.17) is 5.26 Å². The number of nitrogens with zero attached hydrogens (tertiary/aromatic N) is 4. The molecule has 2 aromatic carbocycles. The topological polar surface area (TPSA) is 50.6 Å². The van der Waals surface area contributed by atoms with Gasteiger partial charge in [-0.3, -0.25) is 9.69 Å². The lowest BCUT2D eigenvalue weighted by Crippen LogP contribution is -2.50. The van der Waals surface area contributed by atoms with Crippen LogP contribution in [-0.4, -0.2) is 50.1 Å².